The summed E-state index contributed by atoms with van der Waals surface area (Å²) in [5, 5.41) is 3.21. The summed E-state index contributed by atoms with van der Waals surface area (Å²) >= 11 is 3.54. The average molecular weight is 517 g/mol. The highest BCUT2D eigenvalue weighted by atomic mass is 79.9. The first-order valence-electron chi connectivity index (χ1n) is 11.9. The number of piperidine rings is 1. The number of imidazole rings is 1. The Labute approximate surface area is 208 Å². The first kappa shape index (κ1) is 22.8. The molecular formula is C28H29BrN4O. The van der Waals surface area contributed by atoms with Gasteiger partial charge >= 0.3 is 0 Å². The second kappa shape index (κ2) is 10.1. The van der Waals surface area contributed by atoms with E-state index in [2.05, 4.69) is 92.2 Å². The third-order valence-corrected chi connectivity index (χ3v) is 7.23. The number of para-hydroxylation sites is 2. The van der Waals surface area contributed by atoms with Crippen molar-refractivity contribution in [3.05, 3.63) is 94.7 Å². The molecule has 5 rings (SSSR count). The van der Waals surface area contributed by atoms with E-state index in [1.165, 1.54) is 0 Å². The van der Waals surface area contributed by atoms with Gasteiger partial charge in [0.1, 0.15) is 5.82 Å². The fraction of sp³-hybridized carbons (Fsp3) is 0.286. The van der Waals surface area contributed by atoms with E-state index in [0.717, 1.165) is 65.1 Å². The van der Waals surface area contributed by atoms with Crippen LogP contribution in [0.3, 0.4) is 0 Å². The highest BCUT2D eigenvalue weighted by molar-refractivity contribution is 9.10. The molecule has 6 heteroatoms. The van der Waals surface area contributed by atoms with Gasteiger partial charge in [0.15, 0.2) is 0 Å². The van der Waals surface area contributed by atoms with Gasteiger partial charge in [-0.15, -0.1) is 0 Å². The summed E-state index contributed by atoms with van der Waals surface area (Å²) in [4.78, 5) is 20.3. The van der Waals surface area contributed by atoms with Gasteiger partial charge in [-0.05, 0) is 74.8 Å². The molecule has 4 aromatic rings. The second-order valence-electron chi connectivity index (χ2n) is 9.02. The molecule has 174 valence electrons. The molecule has 1 saturated heterocycles. The quantitative estimate of drug-likeness (QED) is 0.348. The first-order valence-corrected chi connectivity index (χ1v) is 12.7. The Balaban J connectivity index is 1.26. The van der Waals surface area contributed by atoms with Crippen LogP contribution >= 0.6 is 15.9 Å². The van der Waals surface area contributed by atoms with Crippen molar-refractivity contribution in [2.45, 2.75) is 32.4 Å². The van der Waals surface area contributed by atoms with Crippen molar-refractivity contribution in [2.24, 2.45) is 5.92 Å². The van der Waals surface area contributed by atoms with E-state index in [9.17, 15) is 4.79 Å². The minimum absolute atomic E-state index is 0.0255. The molecule has 1 amide bonds. The molecule has 34 heavy (non-hydrogen) atoms. The number of carbonyl (C=O) groups excluding carboxylic acids is 1. The number of aromatic nitrogens is 2. The van der Waals surface area contributed by atoms with Crippen LogP contribution in [0.5, 0.6) is 0 Å². The Kier molecular flexibility index (Phi) is 6.79. The minimum Gasteiger partial charge on any atom is -0.349 e. The highest BCUT2D eigenvalue weighted by Gasteiger charge is 2.27. The van der Waals surface area contributed by atoms with Gasteiger partial charge in [-0.25, -0.2) is 4.98 Å². The molecule has 0 unspecified atom stereocenters. The number of nitrogens with one attached hydrogen (secondary N) is 1. The van der Waals surface area contributed by atoms with Crippen molar-refractivity contribution in [2.75, 3.05) is 13.1 Å². The van der Waals surface area contributed by atoms with Gasteiger partial charge in [0, 0.05) is 16.1 Å². The lowest BCUT2D eigenvalue weighted by atomic mass is 9.95. The van der Waals surface area contributed by atoms with E-state index in [-0.39, 0.29) is 17.9 Å². The smallest absolute Gasteiger partial charge is 0.223 e. The molecule has 1 aliphatic heterocycles. The fourth-order valence-electron chi connectivity index (χ4n) is 4.77. The van der Waals surface area contributed by atoms with E-state index < -0.39 is 0 Å². The number of likely N-dealkylation sites (tertiary alicyclic amines) is 1. The molecule has 0 spiro atoms. The number of amides is 1. The lowest BCUT2D eigenvalue weighted by Gasteiger charge is -2.31. The van der Waals surface area contributed by atoms with Gasteiger partial charge in [0.2, 0.25) is 5.91 Å². The SMILES string of the molecule is C[C@H](NC(=O)C1CCN(Cc2nc3ccccc3n2-c2ccc(Br)cc2)CC1)c1ccccc1. The van der Waals surface area contributed by atoms with Gasteiger partial charge in [0.05, 0.1) is 23.6 Å². The lowest BCUT2D eigenvalue weighted by Crippen LogP contribution is -2.41. The van der Waals surface area contributed by atoms with Crippen molar-refractivity contribution in [3.63, 3.8) is 0 Å². The zero-order valence-electron chi connectivity index (χ0n) is 19.3. The fourth-order valence-corrected chi connectivity index (χ4v) is 5.03. The monoisotopic (exact) mass is 516 g/mol. The van der Waals surface area contributed by atoms with E-state index in [1.807, 2.05) is 24.3 Å². The maximum absolute atomic E-state index is 12.9. The van der Waals surface area contributed by atoms with Crippen LogP contribution in [0, 0.1) is 5.92 Å². The zero-order valence-corrected chi connectivity index (χ0v) is 20.9. The predicted octanol–water partition coefficient (Wildman–Crippen LogP) is 5.88. The molecule has 0 saturated carbocycles. The molecule has 5 nitrogen and oxygen atoms in total. The van der Waals surface area contributed by atoms with Crippen LogP contribution in [0.1, 0.15) is 37.2 Å². The van der Waals surface area contributed by atoms with Gasteiger partial charge in [-0.2, -0.15) is 0 Å². The van der Waals surface area contributed by atoms with Crippen molar-refractivity contribution in [1.82, 2.24) is 19.8 Å². The molecule has 0 bridgehead atoms. The van der Waals surface area contributed by atoms with E-state index in [0.29, 0.717) is 0 Å². The predicted molar refractivity (Wildman–Crippen MR) is 140 cm³/mol. The maximum atomic E-state index is 12.9. The van der Waals surface area contributed by atoms with E-state index in [1.54, 1.807) is 0 Å². The van der Waals surface area contributed by atoms with Crippen molar-refractivity contribution >= 4 is 32.9 Å². The van der Waals surface area contributed by atoms with Crippen LogP contribution < -0.4 is 5.32 Å². The van der Waals surface area contributed by atoms with Gasteiger partial charge in [-0.3, -0.25) is 14.3 Å². The summed E-state index contributed by atoms with van der Waals surface area (Å²) in [6.07, 6.45) is 1.73. The lowest BCUT2D eigenvalue weighted by molar-refractivity contribution is -0.127. The standard InChI is InChI=1S/C28H29BrN4O/c1-20(21-7-3-2-4-8-21)30-28(34)22-15-17-32(18-16-22)19-27-31-25-9-5-6-10-26(25)33(27)24-13-11-23(29)12-14-24/h2-14,20,22H,15-19H2,1H3,(H,30,34)/t20-/m0/s1. The molecule has 0 aliphatic carbocycles. The molecule has 1 N–H and O–H groups in total. The number of fused-ring (bicyclic) bond motifs is 1. The van der Waals surface area contributed by atoms with Gasteiger partial charge in [0.25, 0.3) is 0 Å². The topological polar surface area (TPSA) is 50.2 Å². The Morgan fingerprint density at radius 2 is 1.68 bits per heavy atom. The Bertz CT molecular complexity index is 1260. The molecule has 1 aromatic heterocycles. The summed E-state index contributed by atoms with van der Waals surface area (Å²) in [6.45, 7) is 4.59. The van der Waals surface area contributed by atoms with Crippen LogP contribution in [-0.4, -0.2) is 33.4 Å². The summed E-state index contributed by atoms with van der Waals surface area (Å²) in [5.41, 5.74) is 4.37. The molecular weight excluding hydrogens is 488 g/mol. The Morgan fingerprint density at radius 3 is 2.41 bits per heavy atom. The average Bonchev–Trinajstić information content (AvgIpc) is 3.23. The molecule has 1 atom stereocenters. The third-order valence-electron chi connectivity index (χ3n) is 6.70. The highest BCUT2D eigenvalue weighted by Crippen LogP contribution is 2.26. The van der Waals surface area contributed by atoms with Crippen LogP contribution in [0.25, 0.3) is 16.7 Å². The maximum Gasteiger partial charge on any atom is 0.223 e. The van der Waals surface area contributed by atoms with Crippen molar-refractivity contribution in [3.8, 4) is 5.69 Å². The molecule has 0 radical (unpaired) electrons. The third kappa shape index (κ3) is 4.93. The van der Waals surface area contributed by atoms with E-state index >= 15 is 0 Å². The van der Waals surface area contributed by atoms with Crippen molar-refractivity contribution in [1.29, 1.82) is 0 Å². The van der Waals surface area contributed by atoms with Crippen LogP contribution in [0.15, 0.2) is 83.3 Å². The summed E-state index contributed by atoms with van der Waals surface area (Å²) in [5.74, 6) is 1.26. The molecule has 1 aliphatic rings. The number of hydrogen-bond acceptors (Lipinski definition) is 3. The number of rotatable bonds is 6. The summed E-state index contributed by atoms with van der Waals surface area (Å²) < 4.78 is 3.31. The van der Waals surface area contributed by atoms with Crippen molar-refractivity contribution < 1.29 is 4.79 Å². The minimum atomic E-state index is 0.0255. The number of carbonyl (C=O) groups is 1. The van der Waals surface area contributed by atoms with Gasteiger partial charge in [-0.1, -0.05) is 58.4 Å². The Hall–Kier alpha value is -2.96. The summed E-state index contributed by atoms with van der Waals surface area (Å²) in [7, 11) is 0. The molecule has 2 heterocycles. The second-order valence-corrected chi connectivity index (χ2v) is 9.94. The zero-order chi connectivity index (χ0) is 23.5. The Morgan fingerprint density at radius 1 is 1.00 bits per heavy atom. The van der Waals surface area contributed by atoms with Gasteiger partial charge < -0.3 is 5.32 Å². The molecule has 3 aromatic carbocycles. The number of benzene rings is 3. The van der Waals surface area contributed by atoms with Crippen LogP contribution in [-0.2, 0) is 11.3 Å². The molecule has 1 fully saturated rings. The number of halogens is 1. The largest absolute Gasteiger partial charge is 0.349 e. The van der Waals surface area contributed by atoms with E-state index in [4.69, 9.17) is 4.98 Å². The number of hydrogen-bond donors (Lipinski definition) is 1. The van der Waals surface area contributed by atoms with Crippen LogP contribution in [0.2, 0.25) is 0 Å². The normalized spacial score (nSPS) is 15.9. The first-order chi connectivity index (χ1) is 16.6. The summed E-state index contributed by atoms with van der Waals surface area (Å²) in [6, 6.07) is 26.8. The number of nitrogens with zero attached hydrogens (tertiary/aromatic N) is 3. The van der Waals surface area contributed by atoms with Crippen LogP contribution in [0.4, 0.5) is 0 Å².